The minimum Gasteiger partial charge on any atom is -0.446 e. The first-order valence-corrected chi connectivity index (χ1v) is 17.1. The molecule has 2 heterocycles. The largest absolute Gasteiger partial charge is 0.446 e. The van der Waals surface area contributed by atoms with Crippen LogP contribution in [0.15, 0.2) is 0 Å². The smallest absolute Gasteiger partial charge is 0.410 e. The van der Waals surface area contributed by atoms with Crippen molar-refractivity contribution in [3.8, 4) is 0 Å². The third-order valence-corrected chi connectivity index (χ3v) is 15.4. The van der Waals surface area contributed by atoms with Crippen LogP contribution in [0, 0.1) is 50.7 Å². The van der Waals surface area contributed by atoms with Gasteiger partial charge >= 0.3 is 6.09 Å². The van der Waals surface area contributed by atoms with Crippen LogP contribution in [0.3, 0.4) is 0 Å². The van der Waals surface area contributed by atoms with Gasteiger partial charge < -0.3 is 29.3 Å². The van der Waals surface area contributed by atoms with E-state index in [1.54, 1.807) is 21.0 Å². The van der Waals surface area contributed by atoms with Crippen molar-refractivity contribution in [2.45, 2.75) is 142 Å². The monoisotopic (exact) mass is 587 g/mol. The van der Waals surface area contributed by atoms with E-state index in [4.69, 9.17) is 14.2 Å². The fourth-order valence-electron chi connectivity index (χ4n) is 13.3. The second kappa shape index (κ2) is 9.10. The summed E-state index contributed by atoms with van der Waals surface area (Å²) < 4.78 is 18.9. The number of carbonyl (C=O) groups is 1. The lowest BCUT2D eigenvalue weighted by atomic mass is 9.41. The number of rotatable bonds is 4. The molecule has 7 heteroatoms. The van der Waals surface area contributed by atoms with Crippen molar-refractivity contribution in [3.63, 3.8) is 0 Å². The number of aliphatic hydroxyl groups is 2. The summed E-state index contributed by atoms with van der Waals surface area (Å²) in [5.41, 5.74) is -0.713. The first-order valence-electron chi connectivity index (χ1n) is 17.1. The quantitative estimate of drug-likeness (QED) is 0.433. The molecule has 8 unspecified atom stereocenters. The number of hydrogen-bond acceptors (Lipinski definition) is 6. The van der Waals surface area contributed by atoms with Crippen molar-refractivity contribution in [3.05, 3.63) is 0 Å². The Balaban J connectivity index is 1.17. The zero-order chi connectivity index (χ0) is 30.3. The average Bonchev–Trinajstić information content (AvgIpc) is 3.49. The van der Waals surface area contributed by atoms with Crippen LogP contribution in [0.25, 0.3) is 0 Å². The highest BCUT2D eigenvalue weighted by molar-refractivity contribution is 5.68. The first-order chi connectivity index (χ1) is 19.6. The van der Waals surface area contributed by atoms with Crippen LogP contribution in [-0.4, -0.2) is 77.5 Å². The molecule has 5 saturated carbocycles. The van der Waals surface area contributed by atoms with E-state index in [0.717, 1.165) is 58.0 Å². The van der Waals surface area contributed by atoms with E-state index in [1.165, 1.54) is 12.8 Å². The molecule has 1 amide bonds. The Labute approximate surface area is 253 Å². The highest BCUT2D eigenvalue weighted by atomic mass is 16.6. The molecule has 0 bridgehead atoms. The predicted molar refractivity (Wildman–Crippen MR) is 160 cm³/mol. The topological polar surface area (TPSA) is 88.5 Å². The molecule has 0 aromatic carbocycles. The maximum Gasteiger partial charge on any atom is 0.410 e. The van der Waals surface area contributed by atoms with Gasteiger partial charge in [-0.15, -0.1) is 0 Å². The van der Waals surface area contributed by atoms with Gasteiger partial charge in [0, 0.05) is 31.0 Å². The normalized spacial score (nSPS) is 53.0. The van der Waals surface area contributed by atoms with Crippen LogP contribution in [0.2, 0.25) is 0 Å². The van der Waals surface area contributed by atoms with Crippen LogP contribution in [-0.2, 0) is 14.2 Å². The van der Waals surface area contributed by atoms with Gasteiger partial charge in [0.25, 0.3) is 0 Å². The second-order valence-corrected chi connectivity index (χ2v) is 17.6. The van der Waals surface area contributed by atoms with Crippen LogP contribution in [0.1, 0.15) is 106 Å². The Morgan fingerprint density at radius 2 is 1.69 bits per heavy atom. The lowest BCUT2D eigenvalue weighted by molar-refractivity contribution is -0.209. The molecular formula is C35H57NO6. The molecule has 0 aromatic rings. The Morgan fingerprint density at radius 1 is 1.02 bits per heavy atom. The number of amides is 1. The van der Waals surface area contributed by atoms with Gasteiger partial charge in [-0.05, 0) is 112 Å². The van der Waals surface area contributed by atoms with Crippen molar-refractivity contribution in [1.82, 2.24) is 4.90 Å². The molecule has 7 nitrogen and oxygen atoms in total. The maximum absolute atomic E-state index is 12.8. The zero-order valence-electron chi connectivity index (χ0n) is 27.4. The van der Waals surface area contributed by atoms with Crippen LogP contribution in [0.4, 0.5) is 4.79 Å². The summed E-state index contributed by atoms with van der Waals surface area (Å²) >= 11 is 0. The molecule has 13 atom stereocenters. The average molecular weight is 588 g/mol. The standard InChI is InChI=1S/C35H57NO6/c1-20-18-21(28(40-8)31(4,5)39)41-26-25(20)32(6)14-15-35-19-34(35)13-12-24(42-29(38)36-16-9-17-36)30(2,3)22(34)10-11-23(35)33(32,7)27(26)37/h20-28,37,39H,9-19H2,1-8H3/t20-,21?,22+,23?,24?,25+,26?,27+,28?,32?,33-,34?,35?/m1/s1. The van der Waals surface area contributed by atoms with Crippen LogP contribution < -0.4 is 0 Å². The van der Waals surface area contributed by atoms with Crippen molar-refractivity contribution in [2.75, 3.05) is 20.2 Å². The highest BCUT2D eigenvalue weighted by Gasteiger charge is 2.84. The van der Waals surface area contributed by atoms with Gasteiger partial charge in [0.2, 0.25) is 0 Å². The van der Waals surface area contributed by atoms with Crippen molar-refractivity contribution >= 4 is 6.09 Å². The van der Waals surface area contributed by atoms with E-state index < -0.39 is 17.8 Å². The van der Waals surface area contributed by atoms with Gasteiger partial charge in [0.05, 0.1) is 23.9 Å². The predicted octanol–water partition coefficient (Wildman–Crippen LogP) is 5.80. The molecule has 0 radical (unpaired) electrons. The molecule has 238 valence electrons. The van der Waals surface area contributed by atoms with Crippen molar-refractivity contribution in [1.29, 1.82) is 0 Å². The summed E-state index contributed by atoms with van der Waals surface area (Å²) in [5, 5.41) is 23.3. The highest BCUT2D eigenvalue weighted by Crippen LogP contribution is 2.89. The SMILES string of the molecule is COC(C1C[C@@H](C)[C@H]2C(O1)[C@H](O)[C@@]1(C)C3CC[C@H]4C(C)(C)C(OC(=O)N5CCC5)CCC45CC35CCC21C)C(C)(C)O. The molecule has 2 saturated heterocycles. The maximum atomic E-state index is 12.8. The number of aliphatic hydroxyl groups excluding tert-OH is 1. The molecular weight excluding hydrogens is 530 g/mol. The Bertz CT molecular complexity index is 1120. The van der Waals surface area contributed by atoms with Crippen LogP contribution >= 0.6 is 0 Å². The number of fused-ring (bicyclic) bond motifs is 4. The number of hydrogen-bond donors (Lipinski definition) is 2. The molecule has 2 spiro atoms. The Hall–Kier alpha value is -0.890. The first kappa shape index (κ1) is 29.8. The Kier molecular flexibility index (Phi) is 6.46. The minimum atomic E-state index is -1.02. The van der Waals surface area contributed by atoms with Crippen LogP contribution in [0.5, 0.6) is 0 Å². The molecule has 0 aromatic heterocycles. The van der Waals surface area contributed by atoms with E-state index >= 15 is 0 Å². The lowest BCUT2D eigenvalue weighted by Gasteiger charge is -2.63. The molecule has 2 aliphatic heterocycles. The number of ether oxygens (including phenoxy) is 3. The summed E-state index contributed by atoms with van der Waals surface area (Å²) in [6.45, 7) is 17.3. The van der Waals surface area contributed by atoms with Gasteiger partial charge in [0.15, 0.2) is 0 Å². The Morgan fingerprint density at radius 3 is 2.31 bits per heavy atom. The zero-order valence-corrected chi connectivity index (χ0v) is 27.4. The van der Waals surface area contributed by atoms with Gasteiger partial charge in [-0.25, -0.2) is 4.79 Å². The van der Waals surface area contributed by atoms with Crippen molar-refractivity contribution in [2.24, 2.45) is 50.7 Å². The van der Waals surface area contributed by atoms with Gasteiger partial charge in [0.1, 0.15) is 12.2 Å². The van der Waals surface area contributed by atoms with E-state index in [9.17, 15) is 15.0 Å². The minimum absolute atomic E-state index is 0.00474. The third-order valence-electron chi connectivity index (χ3n) is 15.4. The summed E-state index contributed by atoms with van der Waals surface area (Å²) in [6, 6.07) is 0. The lowest BCUT2D eigenvalue weighted by Crippen LogP contribution is -2.60. The summed E-state index contributed by atoms with van der Waals surface area (Å²) in [7, 11) is 1.66. The third kappa shape index (κ3) is 3.52. The molecule has 5 aliphatic carbocycles. The fourth-order valence-corrected chi connectivity index (χ4v) is 13.3. The molecule has 2 N–H and O–H groups in total. The second-order valence-electron chi connectivity index (χ2n) is 17.6. The summed E-state index contributed by atoms with van der Waals surface area (Å²) in [5.74, 6) is 1.69. The van der Waals surface area contributed by atoms with Crippen molar-refractivity contribution < 1.29 is 29.2 Å². The fraction of sp³-hybridized carbons (Fsp3) is 0.971. The van der Waals surface area contributed by atoms with Gasteiger partial charge in [-0.3, -0.25) is 0 Å². The number of carbonyl (C=O) groups excluding carboxylic acids is 1. The number of nitrogens with zero attached hydrogens (tertiary/aromatic N) is 1. The van der Waals surface area contributed by atoms with E-state index in [2.05, 4.69) is 34.6 Å². The number of likely N-dealkylation sites (tertiary alicyclic amines) is 1. The van der Waals surface area contributed by atoms with E-state index in [0.29, 0.717) is 29.1 Å². The summed E-state index contributed by atoms with van der Waals surface area (Å²) in [4.78, 5) is 14.7. The number of methoxy groups -OCH3 is 1. The van der Waals surface area contributed by atoms with Gasteiger partial charge in [-0.2, -0.15) is 0 Å². The van der Waals surface area contributed by atoms with E-state index in [-0.39, 0.29) is 46.1 Å². The molecule has 7 rings (SSSR count). The van der Waals surface area contributed by atoms with E-state index in [1.807, 2.05) is 4.90 Å². The molecule has 7 fully saturated rings. The molecule has 7 aliphatic rings. The van der Waals surface area contributed by atoms with Gasteiger partial charge in [-0.1, -0.05) is 34.6 Å². The summed E-state index contributed by atoms with van der Waals surface area (Å²) in [6.07, 6.45) is 8.38. The molecule has 42 heavy (non-hydrogen) atoms.